The Hall–Kier alpha value is -5.05. The summed E-state index contributed by atoms with van der Waals surface area (Å²) >= 11 is 1.86. The first-order valence-electron chi connectivity index (χ1n) is 14.0. The van der Waals surface area contributed by atoms with Gasteiger partial charge >= 0.3 is 0 Å². The smallest absolute Gasteiger partial charge is 0.0788 e. The van der Waals surface area contributed by atoms with Gasteiger partial charge in [-0.2, -0.15) is 0 Å². The molecule has 0 aliphatic heterocycles. The molecule has 9 aromatic rings. The van der Waals surface area contributed by atoms with Gasteiger partial charge < -0.3 is 0 Å². The molecule has 7 aromatic carbocycles. The first-order chi connectivity index (χ1) is 20.3. The van der Waals surface area contributed by atoms with Gasteiger partial charge in [0.15, 0.2) is 0 Å². The summed E-state index contributed by atoms with van der Waals surface area (Å²) in [5.41, 5.74) is 5.67. The van der Waals surface area contributed by atoms with Crippen molar-refractivity contribution >= 4 is 74.7 Å². The molecule has 0 atom stereocenters. The molecular formula is C39H23NS. The number of benzene rings is 7. The van der Waals surface area contributed by atoms with E-state index in [0.29, 0.717) is 0 Å². The van der Waals surface area contributed by atoms with Crippen molar-refractivity contribution in [2.75, 3.05) is 0 Å². The lowest BCUT2D eigenvalue weighted by Gasteiger charge is -2.13. The topological polar surface area (TPSA) is 12.9 Å². The van der Waals surface area contributed by atoms with E-state index in [1.54, 1.807) is 0 Å². The number of fused-ring (bicyclic) bond motifs is 9. The third-order valence-corrected chi connectivity index (χ3v) is 9.57. The fourth-order valence-corrected chi connectivity index (χ4v) is 7.62. The van der Waals surface area contributed by atoms with Crippen molar-refractivity contribution in [2.45, 2.75) is 0 Å². The maximum absolute atomic E-state index is 5.23. The van der Waals surface area contributed by atoms with Crippen LogP contribution >= 0.6 is 11.3 Å². The van der Waals surface area contributed by atoms with Crippen molar-refractivity contribution in [1.29, 1.82) is 0 Å². The number of nitrogens with zero attached hydrogens (tertiary/aromatic N) is 1. The van der Waals surface area contributed by atoms with Crippen LogP contribution in [-0.4, -0.2) is 4.98 Å². The van der Waals surface area contributed by atoms with Crippen LogP contribution in [0.15, 0.2) is 140 Å². The highest BCUT2D eigenvalue weighted by Crippen LogP contribution is 2.41. The van der Waals surface area contributed by atoms with Crippen molar-refractivity contribution < 1.29 is 0 Å². The van der Waals surface area contributed by atoms with Crippen molar-refractivity contribution in [2.24, 2.45) is 0 Å². The van der Waals surface area contributed by atoms with Crippen LogP contribution in [0.3, 0.4) is 0 Å². The Balaban J connectivity index is 1.27. The average Bonchev–Trinajstić information content (AvgIpc) is 3.41. The molecule has 0 fully saturated rings. The highest BCUT2D eigenvalue weighted by Gasteiger charge is 2.15. The van der Waals surface area contributed by atoms with Crippen LogP contribution in [0.25, 0.3) is 85.8 Å². The second kappa shape index (κ2) is 8.72. The third-order valence-electron chi connectivity index (χ3n) is 8.44. The zero-order valence-corrected chi connectivity index (χ0v) is 23.0. The van der Waals surface area contributed by atoms with Crippen LogP contribution < -0.4 is 0 Å². The molecular weight excluding hydrogens is 515 g/mol. The minimum Gasteiger partial charge on any atom is -0.247 e. The van der Waals surface area contributed by atoms with Crippen LogP contribution in [0, 0.1) is 0 Å². The van der Waals surface area contributed by atoms with E-state index < -0.39 is 0 Å². The van der Waals surface area contributed by atoms with Crippen molar-refractivity contribution in [3.8, 4) is 22.4 Å². The Bertz CT molecular complexity index is 2470. The largest absolute Gasteiger partial charge is 0.247 e. The molecule has 0 unspecified atom stereocenters. The number of para-hydroxylation sites is 1. The molecule has 0 saturated heterocycles. The van der Waals surface area contributed by atoms with Gasteiger partial charge in [-0.3, -0.25) is 0 Å². The number of aromatic nitrogens is 1. The lowest BCUT2D eigenvalue weighted by atomic mass is 9.92. The van der Waals surface area contributed by atoms with E-state index in [2.05, 4.69) is 140 Å². The molecule has 0 aliphatic rings. The van der Waals surface area contributed by atoms with Crippen LogP contribution in [0.2, 0.25) is 0 Å². The van der Waals surface area contributed by atoms with Crippen molar-refractivity contribution in [3.05, 3.63) is 140 Å². The molecule has 0 radical (unpaired) electrons. The minimum absolute atomic E-state index is 1.03. The number of hydrogen-bond donors (Lipinski definition) is 0. The zero-order valence-electron chi connectivity index (χ0n) is 22.1. The monoisotopic (exact) mass is 537 g/mol. The van der Waals surface area contributed by atoms with Crippen molar-refractivity contribution in [3.63, 3.8) is 0 Å². The molecule has 0 saturated carbocycles. The van der Waals surface area contributed by atoms with Gasteiger partial charge in [0.1, 0.15) is 0 Å². The second-order valence-electron chi connectivity index (χ2n) is 10.7. The van der Waals surface area contributed by atoms with Crippen LogP contribution in [0.4, 0.5) is 0 Å². The highest BCUT2D eigenvalue weighted by molar-refractivity contribution is 7.25. The summed E-state index contributed by atoms with van der Waals surface area (Å²) in [7, 11) is 0. The first kappa shape index (κ1) is 22.7. The Morgan fingerprint density at radius 2 is 1.05 bits per heavy atom. The first-order valence-corrected chi connectivity index (χ1v) is 14.8. The summed E-state index contributed by atoms with van der Waals surface area (Å²) in [6, 6.07) is 50.7. The summed E-state index contributed by atoms with van der Waals surface area (Å²) < 4.78 is 2.62. The summed E-state index contributed by atoms with van der Waals surface area (Å²) in [5, 5.41) is 11.4. The van der Waals surface area contributed by atoms with Crippen molar-refractivity contribution in [1.82, 2.24) is 4.98 Å². The molecule has 2 aromatic heterocycles. The summed E-state index contributed by atoms with van der Waals surface area (Å²) in [6.45, 7) is 0. The number of hydrogen-bond acceptors (Lipinski definition) is 2. The molecule has 2 heterocycles. The standard InChI is InChI=1S/C39H23NS/c1-2-10-27-26(9-1)21-32(29-12-4-3-11-28(27)29)24-17-19-25(20-18-24)39-35-23-38-34(31-14-6-8-16-37(31)41-38)22-33(35)30-13-5-7-15-36(30)40-39/h1-23H. The van der Waals surface area contributed by atoms with E-state index in [9.17, 15) is 0 Å². The van der Waals surface area contributed by atoms with E-state index in [1.165, 1.54) is 69.0 Å². The lowest BCUT2D eigenvalue weighted by molar-refractivity contribution is 1.43. The van der Waals surface area contributed by atoms with Gasteiger partial charge in [0.05, 0.1) is 11.2 Å². The molecule has 0 spiro atoms. The lowest BCUT2D eigenvalue weighted by Crippen LogP contribution is -1.90. The van der Waals surface area contributed by atoms with Gasteiger partial charge in [-0.25, -0.2) is 4.98 Å². The SMILES string of the molecule is c1ccc2c(c1)cc(-c1ccc(-c3nc4ccccc4c4cc5c(cc34)sc3ccccc35)cc1)c1ccccc12. The molecule has 1 nitrogen and oxygen atoms in total. The maximum Gasteiger partial charge on any atom is 0.0788 e. The predicted octanol–water partition coefficient (Wildman–Crippen LogP) is 11.4. The third kappa shape index (κ3) is 3.45. The van der Waals surface area contributed by atoms with E-state index in [0.717, 1.165) is 16.8 Å². The average molecular weight is 538 g/mol. The van der Waals surface area contributed by atoms with Crippen LogP contribution in [-0.2, 0) is 0 Å². The Morgan fingerprint density at radius 3 is 1.90 bits per heavy atom. The predicted molar refractivity (Wildman–Crippen MR) is 178 cm³/mol. The van der Waals surface area contributed by atoms with Gasteiger partial charge in [0.2, 0.25) is 0 Å². The number of pyridine rings is 1. The number of rotatable bonds is 2. The van der Waals surface area contributed by atoms with E-state index >= 15 is 0 Å². The van der Waals surface area contributed by atoms with Gasteiger partial charge in [0.25, 0.3) is 0 Å². The van der Waals surface area contributed by atoms with Crippen LogP contribution in [0.5, 0.6) is 0 Å². The van der Waals surface area contributed by atoms with E-state index in [-0.39, 0.29) is 0 Å². The van der Waals surface area contributed by atoms with Gasteiger partial charge in [-0.05, 0) is 68.4 Å². The zero-order chi connectivity index (χ0) is 26.9. The quantitative estimate of drug-likeness (QED) is 0.200. The van der Waals surface area contributed by atoms with Crippen LogP contribution in [0.1, 0.15) is 0 Å². The maximum atomic E-state index is 5.23. The van der Waals surface area contributed by atoms with Gasteiger partial charge in [-0.1, -0.05) is 109 Å². The minimum atomic E-state index is 1.03. The molecule has 0 aliphatic carbocycles. The molecule has 41 heavy (non-hydrogen) atoms. The van der Waals surface area contributed by atoms with E-state index in [1.807, 2.05) is 11.3 Å². The van der Waals surface area contributed by atoms with E-state index in [4.69, 9.17) is 4.98 Å². The fourth-order valence-electron chi connectivity index (χ4n) is 6.49. The molecule has 0 N–H and O–H groups in total. The molecule has 0 bridgehead atoms. The number of thiophene rings is 1. The Kier molecular flexibility index (Phi) is 4.84. The molecule has 9 rings (SSSR count). The second-order valence-corrected chi connectivity index (χ2v) is 11.8. The highest BCUT2D eigenvalue weighted by atomic mass is 32.1. The summed E-state index contributed by atoms with van der Waals surface area (Å²) in [4.78, 5) is 5.23. The molecule has 0 amide bonds. The summed E-state index contributed by atoms with van der Waals surface area (Å²) in [6.07, 6.45) is 0. The normalized spacial score (nSPS) is 11.9. The molecule has 2 heteroatoms. The van der Waals surface area contributed by atoms with Gasteiger partial charge in [0, 0.05) is 36.5 Å². The fraction of sp³-hybridized carbons (Fsp3) is 0. The summed E-state index contributed by atoms with van der Waals surface area (Å²) in [5.74, 6) is 0. The Labute approximate surface area is 240 Å². The van der Waals surface area contributed by atoms with Gasteiger partial charge in [-0.15, -0.1) is 11.3 Å². The molecule has 190 valence electrons. The Morgan fingerprint density at radius 1 is 0.390 bits per heavy atom.